The smallest absolute Gasteiger partial charge is 0.417 e. The number of pyridine rings is 1. The molecule has 12 heteroatoms. The molecule has 1 aliphatic carbocycles. The summed E-state index contributed by atoms with van der Waals surface area (Å²) in [6.07, 6.45) is -0.262. The number of allylic oxidation sites excluding steroid dienone is 3. The molecule has 0 bridgehead atoms. The van der Waals surface area contributed by atoms with Gasteiger partial charge < -0.3 is 4.42 Å². The lowest BCUT2D eigenvalue weighted by molar-refractivity contribution is -0.137. The van der Waals surface area contributed by atoms with E-state index in [2.05, 4.69) is 0 Å². The monoisotopic (exact) mass is 606 g/mol. The summed E-state index contributed by atoms with van der Waals surface area (Å²) in [7, 11) is -3.57. The largest absolute Gasteiger partial charge is 0.462 e. The van der Waals surface area contributed by atoms with E-state index < -0.39 is 61.3 Å². The van der Waals surface area contributed by atoms with Crippen LogP contribution in [0.1, 0.15) is 56.4 Å². The maximum absolute atomic E-state index is 14.5. The molecule has 42 heavy (non-hydrogen) atoms. The standard InChI is InChI=1S/C30H27F5N2O4S/c1-5-42(39,40)29(4)12-19(17(2)3)8-20(13-29)21-9-27(41-16-21)26-11-24(30(33,34)35)23(14-36)28(38)37(26)15-18-6-7-22(31)10-25(18)32/h6-12,16-17H,5,13,15H2,1-4H3. The van der Waals surface area contributed by atoms with Crippen molar-refractivity contribution in [3.63, 3.8) is 0 Å². The molecular weight excluding hydrogens is 579 g/mol. The van der Waals surface area contributed by atoms with Crippen LogP contribution < -0.4 is 5.56 Å². The van der Waals surface area contributed by atoms with Gasteiger partial charge in [-0.05, 0) is 48.6 Å². The Morgan fingerprint density at radius 2 is 1.86 bits per heavy atom. The van der Waals surface area contributed by atoms with Crippen LogP contribution in [0.25, 0.3) is 17.0 Å². The van der Waals surface area contributed by atoms with Crippen LogP contribution in [0.15, 0.2) is 63.5 Å². The van der Waals surface area contributed by atoms with Gasteiger partial charge >= 0.3 is 6.18 Å². The van der Waals surface area contributed by atoms with E-state index in [1.165, 1.54) is 18.4 Å². The quantitative estimate of drug-likeness (QED) is 0.273. The van der Waals surface area contributed by atoms with Crippen LogP contribution in [0.4, 0.5) is 22.0 Å². The molecule has 2 aromatic heterocycles. The van der Waals surface area contributed by atoms with Crippen molar-refractivity contribution in [2.75, 3.05) is 5.75 Å². The molecule has 0 radical (unpaired) electrons. The number of rotatable bonds is 7. The number of nitriles is 1. The maximum Gasteiger partial charge on any atom is 0.417 e. The number of nitrogens with zero attached hydrogens (tertiary/aromatic N) is 2. The third kappa shape index (κ3) is 5.70. The summed E-state index contributed by atoms with van der Waals surface area (Å²) in [5, 5.41) is 9.41. The summed E-state index contributed by atoms with van der Waals surface area (Å²) in [5.74, 6) is -2.28. The average Bonchev–Trinajstić information content (AvgIpc) is 3.40. The van der Waals surface area contributed by atoms with Crippen molar-refractivity contribution in [2.45, 2.75) is 51.6 Å². The number of hydrogen-bond donors (Lipinski definition) is 0. The molecule has 0 saturated carbocycles. The van der Waals surface area contributed by atoms with E-state index in [1.807, 2.05) is 13.8 Å². The molecule has 2 heterocycles. The second kappa shape index (κ2) is 11.0. The van der Waals surface area contributed by atoms with Gasteiger partial charge in [0.15, 0.2) is 15.6 Å². The van der Waals surface area contributed by atoms with Crippen molar-refractivity contribution in [1.82, 2.24) is 4.57 Å². The highest BCUT2D eigenvalue weighted by Gasteiger charge is 2.40. The Labute approximate surface area is 239 Å². The van der Waals surface area contributed by atoms with Crippen molar-refractivity contribution in [3.8, 4) is 17.5 Å². The fourth-order valence-corrected chi connectivity index (χ4v) is 6.27. The Bertz CT molecular complexity index is 1820. The molecule has 1 aliphatic rings. The minimum Gasteiger partial charge on any atom is -0.462 e. The van der Waals surface area contributed by atoms with Crippen LogP contribution >= 0.6 is 0 Å². The van der Waals surface area contributed by atoms with Crippen molar-refractivity contribution < 1.29 is 34.8 Å². The molecule has 0 saturated heterocycles. The highest BCUT2D eigenvalue weighted by atomic mass is 32.2. The van der Waals surface area contributed by atoms with Crippen molar-refractivity contribution >= 4 is 15.4 Å². The highest BCUT2D eigenvalue weighted by Crippen LogP contribution is 2.41. The second-order valence-electron chi connectivity index (χ2n) is 10.6. The molecule has 0 spiro atoms. The van der Waals surface area contributed by atoms with Gasteiger partial charge in [0, 0.05) is 22.9 Å². The third-order valence-corrected chi connectivity index (χ3v) is 9.84. The molecular formula is C30H27F5N2O4S. The molecule has 222 valence electrons. The Balaban J connectivity index is 1.91. The minimum atomic E-state index is -5.08. The first-order valence-corrected chi connectivity index (χ1v) is 14.6. The lowest BCUT2D eigenvalue weighted by Gasteiger charge is -2.32. The molecule has 1 aromatic carbocycles. The SMILES string of the molecule is CCS(=O)(=O)C1(C)C=C(C(C)C)C=C(c2coc(-c3cc(C(F)(F)F)c(C#N)c(=O)n3Cc3ccc(F)cc3F)c2)C1. The zero-order valence-electron chi connectivity index (χ0n) is 23.1. The van der Waals surface area contributed by atoms with Crippen molar-refractivity contribution in [3.05, 3.63) is 98.6 Å². The first-order valence-electron chi connectivity index (χ1n) is 12.9. The molecule has 0 fully saturated rings. The average molecular weight is 607 g/mol. The summed E-state index contributed by atoms with van der Waals surface area (Å²) in [4.78, 5) is 13.2. The van der Waals surface area contributed by atoms with E-state index in [0.717, 1.165) is 22.3 Å². The number of hydrogen-bond acceptors (Lipinski definition) is 5. The van der Waals surface area contributed by atoms with Gasteiger partial charge in [-0.1, -0.05) is 39.0 Å². The van der Waals surface area contributed by atoms with E-state index in [0.29, 0.717) is 23.3 Å². The summed E-state index contributed by atoms with van der Waals surface area (Å²) >= 11 is 0. The van der Waals surface area contributed by atoms with Crippen LogP contribution in [-0.2, 0) is 22.6 Å². The van der Waals surface area contributed by atoms with Gasteiger partial charge in [0.2, 0.25) is 0 Å². The lowest BCUT2D eigenvalue weighted by atomic mass is 9.84. The van der Waals surface area contributed by atoms with Crippen LogP contribution in [-0.4, -0.2) is 23.5 Å². The van der Waals surface area contributed by atoms with E-state index in [4.69, 9.17) is 4.42 Å². The van der Waals surface area contributed by atoms with Gasteiger partial charge in [-0.2, -0.15) is 18.4 Å². The molecule has 6 nitrogen and oxygen atoms in total. The fourth-order valence-electron chi connectivity index (χ4n) is 4.92. The third-order valence-electron chi connectivity index (χ3n) is 7.40. The number of aromatic nitrogens is 1. The fraction of sp³-hybridized carbons (Fsp3) is 0.333. The van der Waals surface area contributed by atoms with Gasteiger partial charge in [-0.3, -0.25) is 9.36 Å². The molecule has 0 amide bonds. The number of alkyl halides is 3. The van der Waals surface area contributed by atoms with E-state index >= 15 is 0 Å². The second-order valence-corrected chi connectivity index (χ2v) is 13.4. The van der Waals surface area contributed by atoms with Gasteiger partial charge in [-0.15, -0.1) is 0 Å². The molecule has 4 rings (SSSR count). The van der Waals surface area contributed by atoms with Crippen LogP contribution in [0.5, 0.6) is 0 Å². The first-order chi connectivity index (χ1) is 19.5. The zero-order valence-corrected chi connectivity index (χ0v) is 24.0. The molecule has 0 aliphatic heterocycles. The Morgan fingerprint density at radius 1 is 1.17 bits per heavy atom. The van der Waals surface area contributed by atoms with Crippen molar-refractivity contribution in [2.24, 2.45) is 5.92 Å². The Morgan fingerprint density at radius 3 is 2.43 bits per heavy atom. The zero-order chi connectivity index (χ0) is 31.2. The van der Waals surface area contributed by atoms with Crippen LogP contribution in [0, 0.1) is 28.9 Å². The molecule has 1 unspecified atom stereocenters. The molecule has 3 aromatic rings. The minimum absolute atomic E-state index is 0.0401. The summed E-state index contributed by atoms with van der Waals surface area (Å²) in [5.41, 5.74) is -2.96. The van der Waals surface area contributed by atoms with Gasteiger partial charge in [0.05, 0.1) is 28.8 Å². The maximum atomic E-state index is 14.5. The summed E-state index contributed by atoms with van der Waals surface area (Å²) in [6, 6.07) is 5.77. The van der Waals surface area contributed by atoms with E-state index in [-0.39, 0.29) is 29.4 Å². The number of sulfone groups is 1. The summed E-state index contributed by atoms with van der Waals surface area (Å²) < 4.78 is 101. The first kappa shape index (κ1) is 31.0. The van der Waals surface area contributed by atoms with E-state index in [9.17, 15) is 40.4 Å². The molecule has 1 atom stereocenters. The topological polar surface area (TPSA) is 93.1 Å². The number of halogens is 5. The van der Waals surface area contributed by atoms with E-state index in [1.54, 1.807) is 26.0 Å². The molecule has 0 N–H and O–H groups in total. The lowest BCUT2D eigenvalue weighted by Crippen LogP contribution is -2.37. The Kier molecular flexibility index (Phi) is 8.12. The van der Waals surface area contributed by atoms with Crippen LogP contribution in [0.2, 0.25) is 0 Å². The predicted molar refractivity (Wildman–Crippen MR) is 147 cm³/mol. The summed E-state index contributed by atoms with van der Waals surface area (Å²) in [6.45, 7) is 6.32. The van der Waals surface area contributed by atoms with Crippen molar-refractivity contribution in [1.29, 1.82) is 5.26 Å². The normalized spacial score (nSPS) is 17.6. The number of furan rings is 1. The van der Waals surface area contributed by atoms with Gasteiger partial charge in [0.25, 0.3) is 5.56 Å². The van der Waals surface area contributed by atoms with Gasteiger partial charge in [0.1, 0.15) is 23.3 Å². The predicted octanol–water partition coefficient (Wildman–Crippen LogP) is 6.89. The van der Waals surface area contributed by atoms with Crippen LogP contribution in [0.3, 0.4) is 0 Å². The highest BCUT2D eigenvalue weighted by molar-refractivity contribution is 7.92. The van der Waals surface area contributed by atoms with Gasteiger partial charge in [-0.25, -0.2) is 17.2 Å². The Hall–Kier alpha value is -3.98. The number of benzene rings is 1.